The molecule has 0 radical (unpaired) electrons. The SMILES string of the molecule is CNc1ccc(C)c(-c2cc(C(F)F)ncc2OC)c1. The minimum Gasteiger partial charge on any atom is -0.494 e. The molecule has 0 bridgehead atoms. The molecule has 0 atom stereocenters. The van der Waals surface area contributed by atoms with Crippen LogP contribution in [0.15, 0.2) is 30.5 Å². The second kappa shape index (κ2) is 5.86. The van der Waals surface area contributed by atoms with Crippen molar-refractivity contribution in [2.45, 2.75) is 13.3 Å². The Kier molecular flexibility index (Phi) is 4.17. The summed E-state index contributed by atoms with van der Waals surface area (Å²) in [6.07, 6.45) is -1.27. The van der Waals surface area contributed by atoms with Crippen LogP contribution in [0.3, 0.4) is 0 Å². The first-order valence-corrected chi connectivity index (χ1v) is 6.17. The first kappa shape index (κ1) is 14.2. The number of anilines is 1. The highest BCUT2D eigenvalue weighted by Crippen LogP contribution is 2.35. The number of alkyl halides is 2. The maximum atomic E-state index is 12.8. The zero-order valence-corrected chi connectivity index (χ0v) is 11.6. The van der Waals surface area contributed by atoms with E-state index in [1.54, 1.807) is 0 Å². The van der Waals surface area contributed by atoms with Crippen molar-refractivity contribution in [3.63, 3.8) is 0 Å². The summed E-state index contributed by atoms with van der Waals surface area (Å²) in [6.45, 7) is 1.93. The fourth-order valence-corrected chi connectivity index (χ4v) is 2.02. The van der Waals surface area contributed by atoms with Crippen LogP contribution >= 0.6 is 0 Å². The molecule has 5 heteroatoms. The Bertz CT molecular complexity index is 615. The number of nitrogens with zero attached hydrogens (tertiary/aromatic N) is 1. The lowest BCUT2D eigenvalue weighted by atomic mass is 9.99. The molecule has 2 aromatic rings. The van der Waals surface area contributed by atoms with Gasteiger partial charge in [-0.3, -0.25) is 4.98 Å². The molecule has 0 aliphatic rings. The van der Waals surface area contributed by atoms with Gasteiger partial charge in [-0.25, -0.2) is 8.78 Å². The smallest absolute Gasteiger partial charge is 0.280 e. The van der Waals surface area contributed by atoms with Gasteiger partial charge in [0.25, 0.3) is 6.43 Å². The molecule has 0 amide bonds. The van der Waals surface area contributed by atoms with Gasteiger partial charge < -0.3 is 10.1 Å². The number of methoxy groups -OCH3 is 1. The fourth-order valence-electron chi connectivity index (χ4n) is 2.02. The number of aromatic nitrogens is 1. The second-order valence-corrected chi connectivity index (χ2v) is 4.39. The first-order valence-electron chi connectivity index (χ1n) is 6.17. The Labute approximate surface area is 116 Å². The molecule has 0 unspecified atom stereocenters. The quantitative estimate of drug-likeness (QED) is 0.916. The average molecular weight is 278 g/mol. The molecule has 1 heterocycles. The fraction of sp³-hybridized carbons (Fsp3) is 0.267. The molecule has 1 aromatic carbocycles. The van der Waals surface area contributed by atoms with Crippen molar-refractivity contribution in [1.82, 2.24) is 4.98 Å². The van der Waals surface area contributed by atoms with Crippen LogP contribution in [-0.4, -0.2) is 19.1 Å². The number of pyridine rings is 1. The summed E-state index contributed by atoms with van der Waals surface area (Å²) in [5.41, 5.74) is 3.09. The van der Waals surface area contributed by atoms with Crippen molar-refractivity contribution >= 4 is 5.69 Å². The van der Waals surface area contributed by atoms with Crippen LogP contribution in [0.2, 0.25) is 0 Å². The maximum absolute atomic E-state index is 12.8. The third-order valence-corrected chi connectivity index (χ3v) is 3.15. The Morgan fingerprint density at radius 3 is 2.55 bits per heavy atom. The van der Waals surface area contributed by atoms with Crippen LogP contribution in [0.1, 0.15) is 17.7 Å². The maximum Gasteiger partial charge on any atom is 0.280 e. The van der Waals surface area contributed by atoms with Crippen LogP contribution in [0, 0.1) is 6.92 Å². The van der Waals surface area contributed by atoms with E-state index in [0.29, 0.717) is 11.3 Å². The molecule has 20 heavy (non-hydrogen) atoms. The zero-order valence-electron chi connectivity index (χ0n) is 11.6. The number of halogens is 2. The van der Waals surface area contributed by atoms with Gasteiger partial charge in [0.15, 0.2) is 0 Å². The van der Waals surface area contributed by atoms with Crippen LogP contribution < -0.4 is 10.1 Å². The van der Waals surface area contributed by atoms with Crippen molar-refractivity contribution in [2.75, 3.05) is 19.5 Å². The van der Waals surface area contributed by atoms with E-state index in [1.807, 2.05) is 32.2 Å². The summed E-state index contributed by atoms with van der Waals surface area (Å²) >= 11 is 0. The number of ether oxygens (including phenoxy) is 1. The second-order valence-electron chi connectivity index (χ2n) is 4.39. The topological polar surface area (TPSA) is 34.2 Å². The van der Waals surface area contributed by atoms with E-state index in [4.69, 9.17) is 4.74 Å². The number of benzene rings is 1. The molecular formula is C15H16F2N2O. The summed E-state index contributed by atoms with van der Waals surface area (Å²) in [5.74, 6) is 0.478. The first-order chi connectivity index (χ1) is 9.56. The highest BCUT2D eigenvalue weighted by atomic mass is 19.3. The van der Waals surface area contributed by atoms with Gasteiger partial charge in [0.05, 0.1) is 13.3 Å². The van der Waals surface area contributed by atoms with Crippen LogP contribution in [-0.2, 0) is 0 Å². The van der Waals surface area contributed by atoms with E-state index < -0.39 is 6.43 Å². The van der Waals surface area contributed by atoms with Gasteiger partial charge in [0, 0.05) is 18.3 Å². The van der Waals surface area contributed by atoms with Crippen molar-refractivity contribution in [3.8, 4) is 16.9 Å². The minimum absolute atomic E-state index is 0.255. The third kappa shape index (κ3) is 2.71. The monoisotopic (exact) mass is 278 g/mol. The molecule has 2 rings (SSSR count). The van der Waals surface area contributed by atoms with E-state index in [-0.39, 0.29) is 5.69 Å². The van der Waals surface area contributed by atoms with Crippen molar-refractivity contribution < 1.29 is 13.5 Å². The van der Waals surface area contributed by atoms with E-state index in [2.05, 4.69) is 10.3 Å². The van der Waals surface area contributed by atoms with Crippen molar-refractivity contribution in [1.29, 1.82) is 0 Å². The molecule has 0 saturated carbocycles. The number of rotatable bonds is 4. The lowest BCUT2D eigenvalue weighted by molar-refractivity contribution is 0.146. The molecule has 3 nitrogen and oxygen atoms in total. The van der Waals surface area contributed by atoms with E-state index in [0.717, 1.165) is 16.8 Å². The van der Waals surface area contributed by atoms with Crippen LogP contribution in [0.25, 0.3) is 11.1 Å². The molecule has 1 aromatic heterocycles. The summed E-state index contributed by atoms with van der Waals surface area (Å²) in [7, 11) is 3.31. The van der Waals surface area contributed by atoms with Gasteiger partial charge in [-0.1, -0.05) is 6.07 Å². The van der Waals surface area contributed by atoms with Gasteiger partial charge >= 0.3 is 0 Å². The number of nitrogens with one attached hydrogen (secondary N) is 1. The summed E-state index contributed by atoms with van der Waals surface area (Å²) in [6, 6.07) is 7.15. The van der Waals surface area contributed by atoms with Gasteiger partial charge in [-0.05, 0) is 36.2 Å². The Morgan fingerprint density at radius 2 is 1.95 bits per heavy atom. The van der Waals surface area contributed by atoms with Gasteiger partial charge in [-0.15, -0.1) is 0 Å². The molecule has 0 fully saturated rings. The Balaban J connectivity index is 2.63. The highest BCUT2D eigenvalue weighted by molar-refractivity contribution is 5.76. The van der Waals surface area contributed by atoms with Crippen LogP contribution in [0.5, 0.6) is 5.75 Å². The zero-order chi connectivity index (χ0) is 14.7. The predicted molar refractivity (Wildman–Crippen MR) is 75.5 cm³/mol. The normalized spacial score (nSPS) is 10.7. The predicted octanol–water partition coefficient (Wildman–Crippen LogP) is 4.04. The highest BCUT2D eigenvalue weighted by Gasteiger charge is 2.15. The lowest BCUT2D eigenvalue weighted by Gasteiger charge is -2.13. The van der Waals surface area contributed by atoms with Crippen molar-refractivity contribution in [3.05, 3.63) is 41.7 Å². The van der Waals surface area contributed by atoms with Gasteiger partial charge in [0.2, 0.25) is 0 Å². The molecule has 0 aliphatic carbocycles. The van der Waals surface area contributed by atoms with Crippen LogP contribution in [0.4, 0.5) is 14.5 Å². The minimum atomic E-state index is -2.60. The molecule has 0 spiro atoms. The molecule has 106 valence electrons. The number of aryl methyl sites for hydroxylation is 1. The van der Waals surface area contributed by atoms with Gasteiger partial charge in [0.1, 0.15) is 11.4 Å². The molecule has 0 saturated heterocycles. The van der Waals surface area contributed by atoms with Gasteiger partial charge in [-0.2, -0.15) is 0 Å². The summed E-state index contributed by atoms with van der Waals surface area (Å²) in [5, 5.41) is 3.03. The summed E-state index contributed by atoms with van der Waals surface area (Å²) in [4.78, 5) is 3.72. The average Bonchev–Trinajstić information content (AvgIpc) is 2.47. The largest absolute Gasteiger partial charge is 0.494 e. The molecular weight excluding hydrogens is 262 g/mol. The van der Waals surface area contributed by atoms with E-state index in [1.165, 1.54) is 19.4 Å². The standard InChI is InChI=1S/C15H16F2N2O/c1-9-4-5-10(18-2)6-11(9)12-7-13(15(16)17)19-8-14(12)20-3/h4-8,15,18H,1-3H3. The Hall–Kier alpha value is -2.17. The molecule has 1 N–H and O–H groups in total. The van der Waals surface area contributed by atoms with E-state index >= 15 is 0 Å². The summed E-state index contributed by atoms with van der Waals surface area (Å²) < 4.78 is 30.9. The third-order valence-electron chi connectivity index (χ3n) is 3.15. The Morgan fingerprint density at radius 1 is 1.20 bits per heavy atom. The van der Waals surface area contributed by atoms with Crippen molar-refractivity contribution in [2.24, 2.45) is 0 Å². The molecule has 0 aliphatic heterocycles. The number of hydrogen-bond donors (Lipinski definition) is 1. The van der Waals surface area contributed by atoms with E-state index in [9.17, 15) is 8.78 Å². The lowest BCUT2D eigenvalue weighted by Crippen LogP contribution is -1.97. The number of hydrogen-bond acceptors (Lipinski definition) is 3.